The first-order valence-electron chi connectivity index (χ1n) is 10.0. The van der Waals surface area contributed by atoms with Gasteiger partial charge in [-0.15, -0.1) is 0 Å². The summed E-state index contributed by atoms with van der Waals surface area (Å²) in [5, 5.41) is 13.0. The van der Waals surface area contributed by atoms with E-state index in [0.29, 0.717) is 19.3 Å². The van der Waals surface area contributed by atoms with Crippen molar-refractivity contribution in [2.45, 2.75) is 57.0 Å². The molecule has 6 nitrogen and oxygen atoms in total. The maximum absolute atomic E-state index is 12.3. The van der Waals surface area contributed by atoms with Crippen molar-refractivity contribution in [3.8, 4) is 0 Å². The second kappa shape index (κ2) is 10.6. The van der Waals surface area contributed by atoms with Gasteiger partial charge in [0.25, 0.3) is 0 Å². The summed E-state index contributed by atoms with van der Waals surface area (Å²) in [7, 11) is 0. The van der Waals surface area contributed by atoms with Gasteiger partial charge in [-0.3, -0.25) is 4.79 Å². The van der Waals surface area contributed by atoms with E-state index in [4.69, 9.17) is 9.47 Å². The molecule has 29 heavy (non-hydrogen) atoms. The number of aryl methyl sites for hydroxylation is 1. The largest absolute Gasteiger partial charge is 0.460 e. The minimum absolute atomic E-state index is 0.136. The summed E-state index contributed by atoms with van der Waals surface area (Å²) < 4.78 is 10.8. The second-order valence-electron chi connectivity index (χ2n) is 7.24. The highest BCUT2D eigenvalue weighted by Gasteiger charge is 2.36. The summed E-state index contributed by atoms with van der Waals surface area (Å²) in [6.45, 7) is 0.136. The highest BCUT2D eigenvalue weighted by molar-refractivity contribution is 5.70. The van der Waals surface area contributed by atoms with Crippen molar-refractivity contribution in [1.29, 1.82) is 0 Å². The number of carbonyl (C=O) groups excluding carboxylic acids is 2. The molecule has 0 spiro atoms. The highest BCUT2D eigenvalue weighted by atomic mass is 16.6. The number of hydrogen-bond donors (Lipinski definition) is 2. The summed E-state index contributed by atoms with van der Waals surface area (Å²) in [5.41, 5.74) is 1.93. The van der Waals surface area contributed by atoms with Crippen LogP contribution in [0.3, 0.4) is 0 Å². The maximum atomic E-state index is 12.3. The van der Waals surface area contributed by atoms with Crippen LogP contribution in [0.15, 0.2) is 60.7 Å². The molecule has 0 aromatic heterocycles. The Kier molecular flexibility index (Phi) is 7.64. The lowest BCUT2D eigenvalue weighted by Crippen LogP contribution is -2.54. The zero-order valence-corrected chi connectivity index (χ0v) is 16.3. The van der Waals surface area contributed by atoms with Gasteiger partial charge in [-0.25, -0.2) is 4.79 Å². The molecule has 154 valence electrons. The van der Waals surface area contributed by atoms with E-state index in [1.165, 1.54) is 0 Å². The molecule has 6 heteroatoms. The van der Waals surface area contributed by atoms with Crippen molar-refractivity contribution >= 4 is 12.1 Å². The van der Waals surface area contributed by atoms with Crippen molar-refractivity contribution in [3.63, 3.8) is 0 Å². The van der Waals surface area contributed by atoms with Gasteiger partial charge in [0.05, 0.1) is 12.1 Å². The van der Waals surface area contributed by atoms with Gasteiger partial charge in [-0.1, -0.05) is 60.7 Å². The quantitative estimate of drug-likeness (QED) is 0.700. The first kappa shape index (κ1) is 20.9. The second-order valence-corrected chi connectivity index (χ2v) is 7.24. The van der Waals surface area contributed by atoms with Crippen LogP contribution < -0.4 is 5.32 Å². The predicted molar refractivity (Wildman–Crippen MR) is 108 cm³/mol. The van der Waals surface area contributed by atoms with Crippen molar-refractivity contribution < 1.29 is 24.2 Å². The number of alkyl carbamates (subject to hydrolysis) is 1. The number of nitrogens with one attached hydrogen (secondary N) is 1. The van der Waals surface area contributed by atoms with Gasteiger partial charge in [0.1, 0.15) is 12.7 Å². The van der Waals surface area contributed by atoms with Gasteiger partial charge in [0, 0.05) is 6.42 Å². The molecule has 0 unspecified atom stereocenters. The standard InChI is InChI=1S/C23H27NO5/c25-19-12-7-13-20(29-21(26)15-14-17-8-3-1-4-9-17)22(19)24-23(27)28-16-18-10-5-2-6-11-18/h1-6,8-11,19-20,22,25H,7,12-16H2,(H,24,27)/t19-,20+,22+/m1/s1. The number of benzene rings is 2. The fourth-order valence-corrected chi connectivity index (χ4v) is 3.48. The Labute approximate surface area is 170 Å². The van der Waals surface area contributed by atoms with Crippen LogP contribution in [0.4, 0.5) is 4.79 Å². The first-order valence-corrected chi connectivity index (χ1v) is 10.0. The average Bonchev–Trinajstić information content (AvgIpc) is 2.75. The summed E-state index contributed by atoms with van der Waals surface area (Å²) in [6.07, 6.45) is 0.735. The molecular weight excluding hydrogens is 370 g/mol. The Morgan fingerprint density at radius 3 is 2.31 bits per heavy atom. The minimum Gasteiger partial charge on any atom is -0.460 e. The molecule has 1 aliphatic carbocycles. The molecule has 2 aromatic carbocycles. The number of ether oxygens (including phenoxy) is 2. The van der Waals surface area contributed by atoms with E-state index in [2.05, 4.69) is 5.32 Å². The van der Waals surface area contributed by atoms with Crippen LogP contribution in [-0.2, 0) is 27.3 Å². The Hall–Kier alpha value is -2.86. The molecule has 1 amide bonds. The van der Waals surface area contributed by atoms with E-state index in [-0.39, 0.29) is 19.0 Å². The van der Waals surface area contributed by atoms with Gasteiger partial charge in [-0.05, 0) is 36.8 Å². The predicted octanol–water partition coefficient (Wildman–Crippen LogP) is 3.37. The number of esters is 1. The van der Waals surface area contributed by atoms with Crippen LogP contribution in [-0.4, -0.2) is 35.4 Å². The number of rotatable bonds is 7. The van der Waals surface area contributed by atoms with E-state index in [1.54, 1.807) is 0 Å². The van der Waals surface area contributed by atoms with Crippen LogP contribution in [0.1, 0.15) is 36.8 Å². The number of aliphatic hydroxyl groups is 1. The Bertz CT molecular complexity index is 780. The number of hydrogen-bond acceptors (Lipinski definition) is 5. The van der Waals surface area contributed by atoms with E-state index in [0.717, 1.165) is 17.5 Å². The van der Waals surface area contributed by atoms with Gasteiger partial charge in [-0.2, -0.15) is 0 Å². The molecular formula is C23H27NO5. The van der Waals surface area contributed by atoms with Crippen LogP contribution in [0.2, 0.25) is 0 Å². The third kappa shape index (κ3) is 6.61. The van der Waals surface area contributed by atoms with E-state index in [9.17, 15) is 14.7 Å². The Balaban J connectivity index is 1.50. The lowest BCUT2D eigenvalue weighted by molar-refractivity contribution is -0.154. The van der Waals surface area contributed by atoms with Crippen molar-refractivity contribution in [1.82, 2.24) is 5.32 Å². The summed E-state index contributed by atoms with van der Waals surface area (Å²) in [5.74, 6) is -0.336. The molecule has 0 radical (unpaired) electrons. The molecule has 3 rings (SSSR count). The van der Waals surface area contributed by atoms with Crippen LogP contribution in [0.25, 0.3) is 0 Å². The lowest BCUT2D eigenvalue weighted by atomic mass is 9.90. The van der Waals surface area contributed by atoms with Crippen molar-refractivity contribution in [3.05, 3.63) is 71.8 Å². The van der Waals surface area contributed by atoms with Crippen LogP contribution in [0.5, 0.6) is 0 Å². The summed E-state index contributed by atoms with van der Waals surface area (Å²) >= 11 is 0. The third-order valence-electron chi connectivity index (χ3n) is 5.04. The van der Waals surface area contributed by atoms with Crippen molar-refractivity contribution in [2.24, 2.45) is 0 Å². The molecule has 0 bridgehead atoms. The average molecular weight is 397 g/mol. The fourth-order valence-electron chi connectivity index (χ4n) is 3.48. The SMILES string of the molecule is O=C(CCc1ccccc1)O[C@H]1CCC[C@@H](O)[C@@H]1NC(=O)OCc1ccccc1. The Morgan fingerprint density at radius 2 is 1.62 bits per heavy atom. The molecule has 2 aromatic rings. The molecule has 1 fully saturated rings. The summed E-state index contributed by atoms with van der Waals surface area (Å²) in [4.78, 5) is 24.5. The monoisotopic (exact) mass is 397 g/mol. The van der Waals surface area contributed by atoms with Gasteiger partial charge >= 0.3 is 12.1 Å². The smallest absolute Gasteiger partial charge is 0.407 e. The highest BCUT2D eigenvalue weighted by Crippen LogP contribution is 2.23. The third-order valence-corrected chi connectivity index (χ3v) is 5.04. The van der Waals surface area contributed by atoms with Gasteiger partial charge in [0.15, 0.2) is 0 Å². The number of amides is 1. The van der Waals surface area contributed by atoms with Crippen molar-refractivity contribution in [2.75, 3.05) is 0 Å². The topological polar surface area (TPSA) is 84.9 Å². The molecule has 0 heterocycles. The molecule has 1 saturated carbocycles. The van der Waals surface area contributed by atoms with E-state index < -0.39 is 24.3 Å². The van der Waals surface area contributed by atoms with Crippen LogP contribution in [0, 0.1) is 0 Å². The molecule has 0 aliphatic heterocycles. The fraction of sp³-hybridized carbons (Fsp3) is 0.391. The molecule has 3 atom stereocenters. The Morgan fingerprint density at radius 1 is 0.966 bits per heavy atom. The zero-order chi connectivity index (χ0) is 20.5. The lowest BCUT2D eigenvalue weighted by Gasteiger charge is -2.35. The molecule has 1 aliphatic rings. The number of carbonyl (C=O) groups is 2. The van der Waals surface area contributed by atoms with Gasteiger partial charge < -0.3 is 19.9 Å². The zero-order valence-electron chi connectivity index (χ0n) is 16.3. The molecule has 0 saturated heterocycles. The molecule has 2 N–H and O–H groups in total. The summed E-state index contributed by atoms with van der Waals surface area (Å²) in [6, 6.07) is 18.4. The van der Waals surface area contributed by atoms with Crippen LogP contribution >= 0.6 is 0 Å². The van der Waals surface area contributed by atoms with Gasteiger partial charge in [0.2, 0.25) is 0 Å². The maximum Gasteiger partial charge on any atom is 0.407 e. The minimum atomic E-state index is -0.778. The first-order chi connectivity index (χ1) is 14.1. The number of aliphatic hydroxyl groups excluding tert-OH is 1. The normalized spacial score (nSPS) is 21.2. The van der Waals surface area contributed by atoms with E-state index >= 15 is 0 Å². The van der Waals surface area contributed by atoms with E-state index in [1.807, 2.05) is 60.7 Å².